The average Bonchev–Trinajstić information content (AvgIpc) is 1.86. The molecule has 0 rings (SSSR count). The summed E-state index contributed by atoms with van der Waals surface area (Å²) >= 11 is 0. The van der Waals surface area contributed by atoms with Crippen molar-refractivity contribution in [3.05, 3.63) is 11.9 Å². The minimum Gasteiger partial charge on any atom is -0.450 e. The Labute approximate surface area is 60.1 Å². The fourth-order valence-corrected chi connectivity index (χ4v) is 0.322. The first-order valence-electron chi connectivity index (χ1n) is 2.59. The second kappa shape index (κ2) is 4.59. The molecule has 0 fully saturated rings. The third kappa shape index (κ3) is 5.25. The normalized spacial score (nSPS) is 9.00. The van der Waals surface area contributed by atoms with Crippen LogP contribution in [0.3, 0.4) is 0 Å². The van der Waals surface area contributed by atoms with Gasteiger partial charge in [-0.05, 0) is 0 Å². The van der Waals surface area contributed by atoms with Gasteiger partial charge in [0.05, 0.1) is 0 Å². The van der Waals surface area contributed by atoms with Crippen LogP contribution in [0.25, 0.3) is 0 Å². The van der Waals surface area contributed by atoms with Gasteiger partial charge in [-0.15, -0.1) is 0 Å². The van der Waals surface area contributed by atoms with Crippen LogP contribution >= 0.6 is 0 Å². The molecule has 0 spiro atoms. The molecule has 11 heavy (non-hydrogen) atoms. The highest BCUT2D eigenvalue weighted by molar-refractivity contribution is 5.56. The van der Waals surface area contributed by atoms with Crippen LogP contribution in [0.4, 0.5) is 18.0 Å². The fraction of sp³-hybridized carbons (Fsp3) is 0.400. The molecule has 0 unspecified atom stereocenters. The molecule has 0 heterocycles. The monoisotopic (exact) mass is 170 g/mol. The predicted octanol–water partition coefficient (Wildman–Crippen LogP) is 2.15. The Balaban J connectivity index is 3.56. The van der Waals surface area contributed by atoms with Gasteiger partial charge in [-0.1, -0.05) is 0 Å². The summed E-state index contributed by atoms with van der Waals surface area (Å²) in [7, 11) is 0. The number of carboxylic acid groups (broad SMARTS) is 1. The Kier molecular flexibility index (Phi) is 4.09. The first kappa shape index (κ1) is 9.80. The van der Waals surface area contributed by atoms with E-state index >= 15 is 0 Å². The average molecular weight is 170 g/mol. The lowest BCUT2D eigenvalue weighted by Gasteiger charge is -1.96. The number of carbonyl (C=O) groups is 1. The Morgan fingerprint density at radius 1 is 1.36 bits per heavy atom. The number of hydrogen-bond acceptors (Lipinski definition) is 2. The highest BCUT2D eigenvalue weighted by Gasteiger charge is 2.05. The predicted molar refractivity (Wildman–Crippen MR) is 28.9 cm³/mol. The van der Waals surface area contributed by atoms with Crippen LogP contribution in [-0.2, 0) is 4.74 Å². The van der Waals surface area contributed by atoms with Gasteiger partial charge < -0.3 is 9.84 Å². The second-order valence-electron chi connectivity index (χ2n) is 1.53. The number of hydrogen-bond donors (Lipinski definition) is 1. The number of ether oxygens (including phenoxy) is 1. The smallest absolute Gasteiger partial charge is 0.450 e. The summed E-state index contributed by atoms with van der Waals surface area (Å²) in [5, 5.41) is 7.82. The van der Waals surface area contributed by atoms with Gasteiger partial charge in [0.25, 0.3) is 0 Å². The minimum atomic E-state index is -2.45. The molecule has 0 aliphatic rings. The SMILES string of the molecule is O=C(O)OCCC(F)=C(F)F. The van der Waals surface area contributed by atoms with E-state index in [1.807, 2.05) is 0 Å². The third-order valence-corrected chi connectivity index (χ3v) is 0.752. The summed E-state index contributed by atoms with van der Waals surface area (Å²) in [5.41, 5.74) is 0. The van der Waals surface area contributed by atoms with Gasteiger partial charge in [0.2, 0.25) is 0 Å². The van der Waals surface area contributed by atoms with Crippen molar-refractivity contribution in [3.8, 4) is 0 Å². The van der Waals surface area contributed by atoms with Crippen molar-refractivity contribution in [2.45, 2.75) is 6.42 Å². The maximum Gasteiger partial charge on any atom is 0.505 e. The maximum absolute atomic E-state index is 11.8. The molecule has 0 atom stereocenters. The van der Waals surface area contributed by atoms with Crippen molar-refractivity contribution < 1.29 is 27.8 Å². The zero-order valence-corrected chi connectivity index (χ0v) is 5.31. The zero-order chi connectivity index (χ0) is 8.85. The molecule has 0 aromatic carbocycles. The van der Waals surface area contributed by atoms with Gasteiger partial charge in [-0.25, -0.2) is 9.18 Å². The summed E-state index contributed by atoms with van der Waals surface area (Å²) < 4.78 is 38.1. The van der Waals surface area contributed by atoms with E-state index in [0.29, 0.717) is 0 Å². The quantitative estimate of drug-likeness (QED) is 0.660. The summed E-state index contributed by atoms with van der Waals surface area (Å²) in [6.07, 6.45) is -4.79. The van der Waals surface area contributed by atoms with Crippen molar-refractivity contribution in [2.75, 3.05) is 6.61 Å². The van der Waals surface area contributed by atoms with Crippen LogP contribution in [0.5, 0.6) is 0 Å². The van der Waals surface area contributed by atoms with E-state index in [4.69, 9.17) is 5.11 Å². The molecular weight excluding hydrogens is 165 g/mol. The molecule has 1 N–H and O–H groups in total. The Morgan fingerprint density at radius 3 is 2.27 bits per heavy atom. The Hall–Kier alpha value is -1.20. The Morgan fingerprint density at radius 2 is 1.91 bits per heavy atom. The molecule has 0 saturated carbocycles. The molecule has 0 aromatic rings. The lowest BCUT2D eigenvalue weighted by Crippen LogP contribution is -2.01. The van der Waals surface area contributed by atoms with Crippen molar-refractivity contribution >= 4 is 6.16 Å². The van der Waals surface area contributed by atoms with Gasteiger partial charge in [-0.2, -0.15) is 8.78 Å². The largest absolute Gasteiger partial charge is 0.505 e. The topological polar surface area (TPSA) is 46.5 Å². The van der Waals surface area contributed by atoms with Gasteiger partial charge in [0.15, 0.2) is 5.83 Å². The number of halogens is 3. The van der Waals surface area contributed by atoms with Gasteiger partial charge in [-0.3, -0.25) is 0 Å². The van der Waals surface area contributed by atoms with Crippen molar-refractivity contribution in [2.24, 2.45) is 0 Å². The molecule has 0 bridgehead atoms. The first-order chi connectivity index (χ1) is 5.04. The van der Waals surface area contributed by atoms with Crippen LogP contribution < -0.4 is 0 Å². The molecule has 0 aliphatic heterocycles. The van der Waals surface area contributed by atoms with Crippen molar-refractivity contribution in [1.29, 1.82) is 0 Å². The first-order valence-corrected chi connectivity index (χ1v) is 2.59. The summed E-state index contributed by atoms with van der Waals surface area (Å²) in [4.78, 5) is 9.60. The van der Waals surface area contributed by atoms with Gasteiger partial charge in [0, 0.05) is 6.42 Å². The lowest BCUT2D eigenvalue weighted by atomic mass is 10.4. The molecule has 0 amide bonds. The second-order valence-corrected chi connectivity index (χ2v) is 1.53. The van der Waals surface area contributed by atoms with Crippen LogP contribution in [0.15, 0.2) is 11.9 Å². The van der Waals surface area contributed by atoms with Crippen LogP contribution in [0.2, 0.25) is 0 Å². The van der Waals surface area contributed by atoms with Gasteiger partial charge in [0.1, 0.15) is 6.61 Å². The molecule has 0 aliphatic carbocycles. The highest BCUT2D eigenvalue weighted by Crippen LogP contribution is 2.12. The van der Waals surface area contributed by atoms with E-state index in [1.165, 1.54) is 0 Å². The van der Waals surface area contributed by atoms with Crippen molar-refractivity contribution in [1.82, 2.24) is 0 Å². The number of rotatable bonds is 3. The van der Waals surface area contributed by atoms with E-state index in [1.54, 1.807) is 0 Å². The van der Waals surface area contributed by atoms with Crippen LogP contribution in [-0.4, -0.2) is 17.9 Å². The summed E-state index contributed by atoms with van der Waals surface area (Å²) in [6, 6.07) is 0. The lowest BCUT2D eigenvalue weighted by molar-refractivity contribution is 0.0909. The van der Waals surface area contributed by atoms with E-state index in [0.717, 1.165) is 0 Å². The van der Waals surface area contributed by atoms with E-state index in [2.05, 4.69) is 4.74 Å². The molecule has 0 radical (unpaired) electrons. The van der Waals surface area contributed by atoms with Crippen molar-refractivity contribution in [3.63, 3.8) is 0 Å². The molecule has 0 saturated heterocycles. The fourth-order valence-electron chi connectivity index (χ4n) is 0.322. The molecule has 3 nitrogen and oxygen atoms in total. The van der Waals surface area contributed by atoms with E-state index < -0.39 is 31.1 Å². The van der Waals surface area contributed by atoms with E-state index in [9.17, 15) is 18.0 Å². The van der Waals surface area contributed by atoms with Crippen LogP contribution in [0, 0.1) is 0 Å². The zero-order valence-electron chi connectivity index (χ0n) is 5.31. The molecular formula is C5H5F3O3. The maximum atomic E-state index is 11.8. The summed E-state index contributed by atoms with van der Waals surface area (Å²) in [6.45, 7) is -0.599. The van der Waals surface area contributed by atoms with E-state index in [-0.39, 0.29) is 0 Å². The standard InChI is InChI=1S/C5H5F3O3/c6-3(4(7)8)1-2-11-5(9)10/h1-2H2,(H,9,10). The minimum absolute atomic E-state index is 0.599. The van der Waals surface area contributed by atoms with Gasteiger partial charge >= 0.3 is 12.2 Å². The highest BCUT2D eigenvalue weighted by atomic mass is 19.3. The summed E-state index contributed by atoms with van der Waals surface area (Å²) in [5.74, 6) is -1.65. The Bertz CT molecular complexity index is 174. The molecule has 6 heteroatoms. The van der Waals surface area contributed by atoms with Crippen LogP contribution in [0.1, 0.15) is 6.42 Å². The molecule has 64 valence electrons. The molecule has 0 aromatic heterocycles. The third-order valence-electron chi connectivity index (χ3n) is 0.752.